The van der Waals surface area contributed by atoms with E-state index >= 15 is 0 Å². The Morgan fingerprint density at radius 2 is 1.93 bits per heavy atom. The standard InChI is InChI=1S/C20H24N4O5/c1-13(2)8-9-20(3)18(27)24(19(28)23-20)11-17(26)29-12-16(25)22-15-6-4-14(10-21)5-7-15/h4-7,13H,8-9,11-12H2,1-3H3,(H,22,25)(H,23,28)/t20-/m1/s1. The highest BCUT2D eigenvalue weighted by Gasteiger charge is 2.48. The highest BCUT2D eigenvalue weighted by Crippen LogP contribution is 2.24. The van der Waals surface area contributed by atoms with Crippen molar-refractivity contribution in [2.45, 2.75) is 39.2 Å². The zero-order valence-electron chi connectivity index (χ0n) is 16.7. The van der Waals surface area contributed by atoms with Gasteiger partial charge in [0.15, 0.2) is 6.61 Å². The van der Waals surface area contributed by atoms with Crippen LogP contribution in [0, 0.1) is 17.2 Å². The Morgan fingerprint density at radius 3 is 2.52 bits per heavy atom. The van der Waals surface area contributed by atoms with E-state index in [2.05, 4.69) is 10.6 Å². The number of imide groups is 1. The van der Waals surface area contributed by atoms with E-state index in [1.807, 2.05) is 19.9 Å². The zero-order chi connectivity index (χ0) is 21.6. The Morgan fingerprint density at radius 1 is 1.28 bits per heavy atom. The van der Waals surface area contributed by atoms with Crippen LogP contribution in [0.2, 0.25) is 0 Å². The van der Waals surface area contributed by atoms with Crippen molar-refractivity contribution in [1.29, 1.82) is 5.26 Å². The van der Waals surface area contributed by atoms with E-state index in [-0.39, 0.29) is 0 Å². The third-order valence-electron chi connectivity index (χ3n) is 4.52. The van der Waals surface area contributed by atoms with E-state index in [0.29, 0.717) is 23.6 Å². The number of nitriles is 1. The first-order valence-corrected chi connectivity index (χ1v) is 9.24. The average molecular weight is 400 g/mol. The van der Waals surface area contributed by atoms with Crippen molar-refractivity contribution in [3.05, 3.63) is 29.8 Å². The number of amides is 4. The highest BCUT2D eigenvalue weighted by atomic mass is 16.5. The number of hydrogen-bond acceptors (Lipinski definition) is 6. The Kier molecular flexibility index (Phi) is 6.93. The van der Waals surface area contributed by atoms with Gasteiger partial charge in [0, 0.05) is 5.69 Å². The van der Waals surface area contributed by atoms with Gasteiger partial charge in [0.2, 0.25) is 0 Å². The number of rotatable bonds is 8. The minimum absolute atomic E-state index is 0.366. The molecule has 1 aliphatic rings. The minimum Gasteiger partial charge on any atom is -0.454 e. The minimum atomic E-state index is -1.05. The SMILES string of the molecule is CC(C)CC[C@@]1(C)NC(=O)N(CC(=O)OCC(=O)Nc2ccc(C#N)cc2)C1=O. The molecule has 0 bridgehead atoms. The van der Waals surface area contributed by atoms with Gasteiger partial charge in [-0.15, -0.1) is 0 Å². The number of hydrogen-bond donors (Lipinski definition) is 2. The van der Waals surface area contributed by atoms with Crippen LogP contribution >= 0.6 is 0 Å². The molecule has 1 saturated heterocycles. The van der Waals surface area contributed by atoms with Gasteiger partial charge in [-0.05, 0) is 49.9 Å². The Labute approximate surface area is 169 Å². The molecule has 1 fully saturated rings. The summed E-state index contributed by atoms with van der Waals surface area (Å²) >= 11 is 0. The van der Waals surface area contributed by atoms with Crippen LogP contribution in [0.1, 0.15) is 39.2 Å². The topological polar surface area (TPSA) is 129 Å². The van der Waals surface area contributed by atoms with Crippen LogP contribution < -0.4 is 10.6 Å². The van der Waals surface area contributed by atoms with Gasteiger partial charge in [-0.2, -0.15) is 5.26 Å². The van der Waals surface area contributed by atoms with Gasteiger partial charge in [-0.3, -0.25) is 19.3 Å². The monoisotopic (exact) mass is 400 g/mol. The van der Waals surface area contributed by atoms with Gasteiger partial charge in [0.25, 0.3) is 11.8 Å². The maximum absolute atomic E-state index is 12.5. The average Bonchev–Trinajstić information content (AvgIpc) is 2.89. The van der Waals surface area contributed by atoms with Crippen molar-refractivity contribution in [2.24, 2.45) is 5.92 Å². The zero-order valence-corrected chi connectivity index (χ0v) is 16.7. The summed E-state index contributed by atoms with van der Waals surface area (Å²) < 4.78 is 4.87. The Bertz CT molecular complexity index is 843. The lowest BCUT2D eigenvalue weighted by Gasteiger charge is -2.22. The van der Waals surface area contributed by atoms with Crippen LogP contribution in [-0.2, 0) is 19.1 Å². The number of nitrogens with one attached hydrogen (secondary N) is 2. The van der Waals surface area contributed by atoms with Crippen LogP contribution in [0.15, 0.2) is 24.3 Å². The molecule has 1 aliphatic heterocycles. The third-order valence-corrected chi connectivity index (χ3v) is 4.52. The van der Waals surface area contributed by atoms with Gasteiger partial charge < -0.3 is 15.4 Å². The highest BCUT2D eigenvalue weighted by molar-refractivity contribution is 6.08. The molecule has 2 N–H and O–H groups in total. The fourth-order valence-electron chi connectivity index (χ4n) is 2.78. The van der Waals surface area contributed by atoms with E-state index in [1.165, 1.54) is 12.1 Å². The number of benzene rings is 1. The molecule has 1 atom stereocenters. The molecular weight excluding hydrogens is 376 g/mol. The maximum Gasteiger partial charge on any atom is 0.326 e. The second kappa shape index (κ2) is 9.19. The molecule has 0 radical (unpaired) electrons. The second-order valence-corrected chi connectivity index (χ2v) is 7.48. The fourth-order valence-corrected chi connectivity index (χ4v) is 2.78. The summed E-state index contributed by atoms with van der Waals surface area (Å²) in [6.07, 6.45) is 1.21. The van der Waals surface area contributed by atoms with Crippen molar-refractivity contribution in [2.75, 3.05) is 18.5 Å². The lowest BCUT2D eigenvalue weighted by atomic mass is 9.92. The number of carbonyl (C=O) groups is 4. The molecule has 0 spiro atoms. The summed E-state index contributed by atoms with van der Waals surface area (Å²) in [6.45, 7) is 4.54. The largest absolute Gasteiger partial charge is 0.454 e. The fraction of sp³-hybridized carbons (Fsp3) is 0.450. The predicted molar refractivity (Wildman–Crippen MR) is 103 cm³/mol. The number of urea groups is 1. The molecule has 1 aromatic rings. The molecule has 4 amide bonds. The summed E-state index contributed by atoms with van der Waals surface area (Å²) in [4.78, 5) is 49.3. The second-order valence-electron chi connectivity index (χ2n) is 7.48. The van der Waals surface area contributed by atoms with Crippen LogP contribution in [0.3, 0.4) is 0 Å². The number of esters is 1. The molecule has 29 heavy (non-hydrogen) atoms. The lowest BCUT2D eigenvalue weighted by molar-refractivity contribution is -0.150. The van der Waals surface area contributed by atoms with Crippen molar-refractivity contribution in [3.8, 4) is 6.07 Å². The van der Waals surface area contributed by atoms with E-state index < -0.39 is 42.5 Å². The molecule has 9 heteroatoms. The third kappa shape index (κ3) is 5.78. The maximum atomic E-state index is 12.5. The predicted octanol–water partition coefficient (Wildman–Crippen LogP) is 1.79. The Hall–Kier alpha value is -3.41. The molecule has 0 saturated carbocycles. The van der Waals surface area contributed by atoms with Crippen LogP contribution in [0.4, 0.5) is 10.5 Å². The molecule has 154 valence electrons. The number of nitrogens with zero attached hydrogens (tertiary/aromatic N) is 2. The molecule has 2 rings (SSSR count). The summed E-state index contributed by atoms with van der Waals surface area (Å²) in [5.41, 5.74) is -0.155. The normalized spacial score (nSPS) is 18.4. The molecule has 0 unspecified atom stereocenters. The summed E-state index contributed by atoms with van der Waals surface area (Å²) in [6, 6.07) is 7.47. The van der Waals surface area contributed by atoms with Crippen molar-refractivity contribution in [1.82, 2.24) is 10.2 Å². The number of anilines is 1. The summed E-state index contributed by atoms with van der Waals surface area (Å²) in [7, 11) is 0. The van der Waals surface area contributed by atoms with E-state index in [4.69, 9.17) is 10.00 Å². The van der Waals surface area contributed by atoms with E-state index in [0.717, 1.165) is 11.3 Å². The number of carbonyl (C=O) groups excluding carboxylic acids is 4. The smallest absolute Gasteiger partial charge is 0.326 e. The number of ether oxygens (including phenoxy) is 1. The van der Waals surface area contributed by atoms with Crippen LogP contribution in [0.25, 0.3) is 0 Å². The van der Waals surface area contributed by atoms with Gasteiger partial charge >= 0.3 is 12.0 Å². The first kappa shape index (κ1) is 21.9. The molecule has 0 aromatic heterocycles. The van der Waals surface area contributed by atoms with Crippen molar-refractivity contribution in [3.63, 3.8) is 0 Å². The van der Waals surface area contributed by atoms with Crippen molar-refractivity contribution >= 4 is 29.5 Å². The van der Waals surface area contributed by atoms with Crippen LogP contribution in [0.5, 0.6) is 0 Å². The first-order valence-electron chi connectivity index (χ1n) is 9.24. The molecule has 9 nitrogen and oxygen atoms in total. The first-order chi connectivity index (χ1) is 13.6. The Balaban J connectivity index is 1.83. The lowest BCUT2D eigenvalue weighted by Crippen LogP contribution is -2.44. The van der Waals surface area contributed by atoms with Gasteiger partial charge in [-0.25, -0.2) is 4.79 Å². The molecule has 0 aliphatic carbocycles. The van der Waals surface area contributed by atoms with Crippen LogP contribution in [-0.4, -0.2) is 47.4 Å². The van der Waals surface area contributed by atoms with Gasteiger partial charge in [0.05, 0.1) is 11.6 Å². The summed E-state index contributed by atoms with van der Waals surface area (Å²) in [5.74, 6) is -1.56. The molecule has 1 heterocycles. The van der Waals surface area contributed by atoms with Crippen molar-refractivity contribution < 1.29 is 23.9 Å². The molecule has 1 aromatic carbocycles. The van der Waals surface area contributed by atoms with E-state index in [9.17, 15) is 19.2 Å². The van der Waals surface area contributed by atoms with Gasteiger partial charge in [-0.1, -0.05) is 13.8 Å². The molecular formula is C20H24N4O5. The van der Waals surface area contributed by atoms with Gasteiger partial charge in [0.1, 0.15) is 12.1 Å². The van der Waals surface area contributed by atoms with E-state index in [1.54, 1.807) is 19.1 Å². The quantitative estimate of drug-likeness (QED) is 0.506. The summed E-state index contributed by atoms with van der Waals surface area (Å²) in [5, 5.41) is 13.9.